The van der Waals surface area contributed by atoms with Gasteiger partial charge in [-0.1, -0.05) is 59.1 Å². The predicted molar refractivity (Wildman–Crippen MR) is 72.1 cm³/mol. The molecule has 3 heteroatoms. The van der Waals surface area contributed by atoms with Crippen LogP contribution in [0.4, 0.5) is 5.69 Å². The van der Waals surface area contributed by atoms with Crippen molar-refractivity contribution in [2.75, 3.05) is 5.73 Å². The van der Waals surface area contributed by atoms with Crippen LogP contribution in [0.3, 0.4) is 0 Å². The number of benzene rings is 2. The molecule has 0 amide bonds. The highest BCUT2D eigenvalue weighted by molar-refractivity contribution is 6.35. The number of rotatable bonds is 0. The highest BCUT2D eigenvalue weighted by Crippen LogP contribution is 2.19. The maximum Gasteiger partial charge on any atom is 0.0441 e. The van der Waals surface area contributed by atoms with E-state index in [1.807, 2.05) is 18.2 Å². The molecule has 0 aliphatic carbocycles. The molecular weight excluding hydrogens is 241 g/mol. The summed E-state index contributed by atoms with van der Waals surface area (Å²) in [6.45, 7) is 2.08. The van der Waals surface area contributed by atoms with E-state index in [2.05, 4.69) is 19.1 Å². The van der Waals surface area contributed by atoms with Gasteiger partial charge in [0.1, 0.15) is 0 Å². The first-order valence-electron chi connectivity index (χ1n) is 4.81. The lowest BCUT2D eigenvalue weighted by Crippen LogP contribution is -1.82. The van der Waals surface area contributed by atoms with Gasteiger partial charge in [0.15, 0.2) is 0 Å². The molecule has 0 bridgehead atoms. The quantitative estimate of drug-likeness (QED) is 0.684. The maximum absolute atomic E-state index is 5.59. The minimum Gasteiger partial charge on any atom is -0.399 e. The molecule has 0 aliphatic heterocycles. The summed E-state index contributed by atoms with van der Waals surface area (Å²) in [5.74, 6) is 0. The zero-order chi connectivity index (χ0) is 12.0. The molecule has 0 saturated carbocycles. The largest absolute Gasteiger partial charge is 0.399 e. The standard InChI is InChI=1S/C7H8.C6H5Cl2N/c1-7-5-3-2-4-6-7;7-4-1-5(8)3-6(9)2-4/h2-6H,1H3;1-3H,9H2. The smallest absolute Gasteiger partial charge is 0.0441 e. The van der Waals surface area contributed by atoms with E-state index >= 15 is 0 Å². The Balaban J connectivity index is 0.000000165. The Hall–Kier alpha value is -1.18. The number of nitrogen functional groups attached to an aromatic ring is 1. The van der Waals surface area contributed by atoms with Crippen molar-refractivity contribution in [1.29, 1.82) is 0 Å². The highest BCUT2D eigenvalue weighted by atomic mass is 35.5. The molecule has 2 rings (SSSR count). The third-order valence-corrected chi connectivity index (χ3v) is 2.26. The second kappa shape index (κ2) is 6.41. The number of aryl methyl sites for hydroxylation is 1. The predicted octanol–water partition coefficient (Wildman–Crippen LogP) is 4.57. The minimum absolute atomic E-state index is 0.569. The van der Waals surface area contributed by atoms with E-state index in [4.69, 9.17) is 28.9 Å². The fourth-order valence-corrected chi connectivity index (χ4v) is 1.65. The molecule has 0 saturated heterocycles. The van der Waals surface area contributed by atoms with Crippen molar-refractivity contribution in [2.24, 2.45) is 0 Å². The van der Waals surface area contributed by atoms with Crippen LogP contribution < -0.4 is 5.73 Å². The first-order chi connectivity index (χ1) is 7.58. The SMILES string of the molecule is Cc1ccccc1.Nc1cc(Cl)cc(Cl)c1. The number of anilines is 1. The van der Waals surface area contributed by atoms with Gasteiger partial charge in [-0.25, -0.2) is 0 Å². The van der Waals surface area contributed by atoms with Gasteiger partial charge in [-0.05, 0) is 25.1 Å². The molecule has 2 N–H and O–H groups in total. The molecule has 0 unspecified atom stereocenters. The van der Waals surface area contributed by atoms with Crippen LogP contribution in [0, 0.1) is 6.92 Å². The fraction of sp³-hybridized carbons (Fsp3) is 0.0769. The van der Waals surface area contributed by atoms with Crippen LogP contribution in [0.5, 0.6) is 0 Å². The molecule has 16 heavy (non-hydrogen) atoms. The Morgan fingerprint density at radius 2 is 1.38 bits per heavy atom. The summed E-state index contributed by atoms with van der Waals surface area (Å²) in [5.41, 5.74) is 7.30. The molecule has 0 fully saturated rings. The maximum atomic E-state index is 5.59. The molecule has 1 nitrogen and oxygen atoms in total. The van der Waals surface area contributed by atoms with E-state index in [1.54, 1.807) is 18.2 Å². The van der Waals surface area contributed by atoms with Crippen molar-refractivity contribution >= 4 is 28.9 Å². The van der Waals surface area contributed by atoms with E-state index in [0.29, 0.717) is 15.7 Å². The number of hydrogen-bond donors (Lipinski definition) is 1. The van der Waals surface area contributed by atoms with E-state index in [-0.39, 0.29) is 0 Å². The Morgan fingerprint density at radius 1 is 0.875 bits per heavy atom. The van der Waals surface area contributed by atoms with E-state index in [9.17, 15) is 0 Å². The Morgan fingerprint density at radius 3 is 1.69 bits per heavy atom. The van der Waals surface area contributed by atoms with Gasteiger partial charge in [-0.3, -0.25) is 0 Å². The van der Waals surface area contributed by atoms with Crippen molar-refractivity contribution in [3.05, 3.63) is 64.1 Å². The van der Waals surface area contributed by atoms with E-state index in [0.717, 1.165) is 0 Å². The van der Waals surface area contributed by atoms with Gasteiger partial charge in [0, 0.05) is 15.7 Å². The monoisotopic (exact) mass is 253 g/mol. The van der Waals surface area contributed by atoms with Crippen LogP contribution in [0.25, 0.3) is 0 Å². The van der Waals surface area contributed by atoms with Crippen molar-refractivity contribution in [3.63, 3.8) is 0 Å². The zero-order valence-corrected chi connectivity index (χ0v) is 10.5. The molecule has 0 heterocycles. The van der Waals surface area contributed by atoms with Crippen molar-refractivity contribution in [1.82, 2.24) is 0 Å². The van der Waals surface area contributed by atoms with Crippen LogP contribution in [-0.4, -0.2) is 0 Å². The van der Waals surface area contributed by atoms with Gasteiger partial charge in [-0.2, -0.15) is 0 Å². The molecular formula is C13H13Cl2N. The Labute approximate surface area is 106 Å². The topological polar surface area (TPSA) is 26.0 Å². The number of nitrogens with two attached hydrogens (primary N) is 1. The molecule has 0 radical (unpaired) electrons. The van der Waals surface area contributed by atoms with Gasteiger partial charge >= 0.3 is 0 Å². The van der Waals surface area contributed by atoms with Gasteiger partial charge in [0.25, 0.3) is 0 Å². The van der Waals surface area contributed by atoms with Crippen molar-refractivity contribution in [2.45, 2.75) is 6.92 Å². The number of halogens is 2. The minimum atomic E-state index is 0.569. The molecule has 0 atom stereocenters. The lowest BCUT2D eigenvalue weighted by Gasteiger charge is -1.93. The zero-order valence-electron chi connectivity index (χ0n) is 8.95. The van der Waals surface area contributed by atoms with Gasteiger partial charge in [0.05, 0.1) is 0 Å². The Bertz CT molecular complexity index is 390. The second-order valence-electron chi connectivity index (χ2n) is 3.36. The van der Waals surface area contributed by atoms with Crippen LogP contribution in [-0.2, 0) is 0 Å². The third kappa shape index (κ3) is 5.06. The van der Waals surface area contributed by atoms with Gasteiger partial charge < -0.3 is 5.73 Å². The second-order valence-corrected chi connectivity index (χ2v) is 4.23. The fourth-order valence-electron chi connectivity index (χ4n) is 1.11. The summed E-state index contributed by atoms with van der Waals surface area (Å²) in [4.78, 5) is 0. The van der Waals surface area contributed by atoms with E-state index < -0.39 is 0 Å². The molecule has 0 aromatic heterocycles. The van der Waals surface area contributed by atoms with Crippen LogP contribution in [0.1, 0.15) is 5.56 Å². The summed E-state index contributed by atoms with van der Waals surface area (Å²) >= 11 is 11.2. The molecule has 0 aliphatic rings. The highest BCUT2D eigenvalue weighted by Gasteiger charge is 1.91. The average Bonchev–Trinajstić information content (AvgIpc) is 2.17. The Kier molecular flexibility index (Phi) is 5.17. The van der Waals surface area contributed by atoms with Crippen LogP contribution in [0.15, 0.2) is 48.5 Å². The lowest BCUT2D eigenvalue weighted by molar-refractivity contribution is 1.48. The van der Waals surface area contributed by atoms with Crippen LogP contribution >= 0.6 is 23.2 Å². The summed E-state index contributed by atoms with van der Waals surface area (Å²) in [7, 11) is 0. The summed E-state index contributed by atoms with van der Waals surface area (Å²) in [5, 5.41) is 1.14. The van der Waals surface area contributed by atoms with Gasteiger partial charge in [0.2, 0.25) is 0 Å². The molecule has 84 valence electrons. The van der Waals surface area contributed by atoms with Crippen molar-refractivity contribution < 1.29 is 0 Å². The summed E-state index contributed by atoms with van der Waals surface area (Å²) in [6.07, 6.45) is 0. The summed E-state index contributed by atoms with van der Waals surface area (Å²) in [6, 6.07) is 15.2. The van der Waals surface area contributed by atoms with Crippen molar-refractivity contribution in [3.8, 4) is 0 Å². The van der Waals surface area contributed by atoms with Gasteiger partial charge in [-0.15, -0.1) is 0 Å². The first kappa shape index (κ1) is 12.9. The normalized spacial score (nSPS) is 9.19. The first-order valence-corrected chi connectivity index (χ1v) is 5.57. The average molecular weight is 254 g/mol. The molecule has 2 aromatic rings. The van der Waals surface area contributed by atoms with Crippen LogP contribution in [0.2, 0.25) is 10.0 Å². The van der Waals surface area contributed by atoms with E-state index in [1.165, 1.54) is 5.56 Å². The molecule has 2 aromatic carbocycles. The summed E-state index contributed by atoms with van der Waals surface area (Å²) < 4.78 is 0. The lowest BCUT2D eigenvalue weighted by atomic mass is 10.2. The number of hydrogen-bond acceptors (Lipinski definition) is 1. The third-order valence-electron chi connectivity index (χ3n) is 1.83. The molecule has 0 spiro atoms.